The van der Waals surface area contributed by atoms with Crippen LogP contribution < -0.4 is 15.0 Å². The number of fused-ring (bicyclic) bond motifs is 1. The summed E-state index contributed by atoms with van der Waals surface area (Å²) in [6.07, 6.45) is 2.96. The first-order chi connectivity index (χ1) is 16.1. The number of nitrogens with zero attached hydrogens (tertiary/aromatic N) is 2. The van der Waals surface area contributed by atoms with Crippen LogP contribution in [0.4, 0.5) is 10.1 Å². The van der Waals surface area contributed by atoms with Gasteiger partial charge in [-0.1, -0.05) is 18.2 Å². The highest BCUT2D eigenvalue weighted by molar-refractivity contribution is 5.96. The van der Waals surface area contributed by atoms with Crippen molar-refractivity contribution in [3.05, 3.63) is 95.4 Å². The molecule has 5 rings (SSSR count). The van der Waals surface area contributed by atoms with Gasteiger partial charge in [-0.05, 0) is 67.4 Å². The summed E-state index contributed by atoms with van der Waals surface area (Å²) in [4.78, 5) is 19.6. The first-order valence-electron chi connectivity index (χ1n) is 11.0. The normalized spacial score (nSPS) is 13.0. The smallest absolute Gasteiger partial charge is 0.251 e. The van der Waals surface area contributed by atoms with Gasteiger partial charge in [0.1, 0.15) is 17.3 Å². The zero-order valence-corrected chi connectivity index (χ0v) is 18.3. The molecule has 1 N–H and O–H groups in total. The van der Waals surface area contributed by atoms with Crippen molar-refractivity contribution in [2.75, 3.05) is 18.0 Å². The number of ether oxygens (including phenoxy) is 1. The van der Waals surface area contributed by atoms with E-state index in [9.17, 15) is 9.18 Å². The number of rotatable bonds is 6. The van der Waals surface area contributed by atoms with Crippen molar-refractivity contribution in [2.24, 2.45) is 0 Å². The minimum absolute atomic E-state index is 0.235. The number of anilines is 1. The van der Waals surface area contributed by atoms with Gasteiger partial charge in [0, 0.05) is 48.0 Å². The number of pyridine rings is 1. The van der Waals surface area contributed by atoms with Crippen LogP contribution in [0.25, 0.3) is 10.9 Å². The summed E-state index contributed by atoms with van der Waals surface area (Å²) in [5.74, 6) is 0.735. The number of halogens is 1. The lowest BCUT2D eigenvalue weighted by Crippen LogP contribution is -2.36. The highest BCUT2D eigenvalue weighted by Gasteiger charge is 2.17. The molecule has 0 aliphatic carbocycles. The van der Waals surface area contributed by atoms with E-state index in [0.717, 1.165) is 29.6 Å². The second kappa shape index (κ2) is 8.90. The molecule has 0 spiro atoms. The molecule has 2 heterocycles. The number of nitrogens with one attached hydrogen (secondary N) is 1. The lowest BCUT2D eigenvalue weighted by Gasteiger charge is -2.33. The fourth-order valence-electron chi connectivity index (χ4n) is 3.98. The molecule has 1 amide bonds. The van der Waals surface area contributed by atoms with E-state index in [1.165, 1.54) is 24.2 Å². The Bertz CT molecular complexity index is 1330. The summed E-state index contributed by atoms with van der Waals surface area (Å²) >= 11 is 0. The van der Waals surface area contributed by atoms with Crippen LogP contribution in [0.3, 0.4) is 0 Å². The summed E-state index contributed by atoms with van der Waals surface area (Å²) < 4.78 is 19.6. The predicted molar refractivity (Wildman–Crippen MR) is 127 cm³/mol. The second-order valence-electron chi connectivity index (χ2n) is 8.19. The lowest BCUT2D eigenvalue weighted by atomic mass is 10.1. The summed E-state index contributed by atoms with van der Waals surface area (Å²) in [6.45, 7) is 4.26. The molecular weight excluding hydrogens is 417 g/mol. The van der Waals surface area contributed by atoms with E-state index in [4.69, 9.17) is 4.74 Å². The zero-order valence-electron chi connectivity index (χ0n) is 18.3. The molecule has 0 saturated carbocycles. The number of benzene rings is 3. The Balaban J connectivity index is 1.36. The molecule has 1 aliphatic heterocycles. The first-order valence-corrected chi connectivity index (χ1v) is 11.0. The van der Waals surface area contributed by atoms with Gasteiger partial charge < -0.3 is 15.0 Å². The maximum absolute atomic E-state index is 13.4. The number of aromatic nitrogens is 1. The van der Waals surface area contributed by atoms with Gasteiger partial charge in [-0.3, -0.25) is 9.78 Å². The molecule has 1 fully saturated rings. The monoisotopic (exact) mass is 441 g/mol. The molecule has 5 nitrogen and oxygen atoms in total. The van der Waals surface area contributed by atoms with Gasteiger partial charge in [-0.15, -0.1) is 0 Å². The topological polar surface area (TPSA) is 54.5 Å². The Kier molecular flexibility index (Phi) is 5.65. The molecule has 1 aromatic heterocycles. The number of hydrogen-bond donors (Lipinski definition) is 1. The van der Waals surface area contributed by atoms with E-state index < -0.39 is 0 Å². The van der Waals surface area contributed by atoms with Crippen molar-refractivity contribution < 1.29 is 13.9 Å². The minimum Gasteiger partial charge on any atom is -0.456 e. The van der Waals surface area contributed by atoms with Crippen molar-refractivity contribution >= 4 is 22.5 Å². The predicted octanol–water partition coefficient (Wildman–Crippen LogP) is 5.61. The molecule has 1 aliphatic rings. The van der Waals surface area contributed by atoms with E-state index in [0.29, 0.717) is 22.6 Å². The van der Waals surface area contributed by atoms with Crippen molar-refractivity contribution in [1.29, 1.82) is 0 Å². The van der Waals surface area contributed by atoms with E-state index >= 15 is 0 Å². The largest absolute Gasteiger partial charge is 0.456 e. The Morgan fingerprint density at radius 3 is 2.70 bits per heavy atom. The summed E-state index contributed by atoms with van der Waals surface area (Å²) in [7, 11) is 0. The highest BCUT2D eigenvalue weighted by atomic mass is 19.1. The molecule has 1 saturated heterocycles. The van der Waals surface area contributed by atoms with Gasteiger partial charge in [0.15, 0.2) is 0 Å². The maximum Gasteiger partial charge on any atom is 0.251 e. The minimum atomic E-state index is -0.324. The summed E-state index contributed by atoms with van der Waals surface area (Å²) in [5, 5.41) is 3.77. The molecule has 166 valence electrons. The van der Waals surface area contributed by atoms with Gasteiger partial charge in [-0.25, -0.2) is 4.39 Å². The molecular formula is C27H24FN3O2. The van der Waals surface area contributed by atoms with Gasteiger partial charge in [0.25, 0.3) is 5.91 Å². The van der Waals surface area contributed by atoms with Crippen molar-refractivity contribution in [3.63, 3.8) is 0 Å². The van der Waals surface area contributed by atoms with Crippen LogP contribution in [-0.4, -0.2) is 24.0 Å². The van der Waals surface area contributed by atoms with E-state index in [1.54, 1.807) is 30.5 Å². The van der Waals surface area contributed by atoms with Gasteiger partial charge >= 0.3 is 0 Å². The maximum atomic E-state index is 13.4. The van der Waals surface area contributed by atoms with Crippen LogP contribution in [0.2, 0.25) is 0 Å². The molecule has 0 atom stereocenters. The van der Waals surface area contributed by atoms with Gasteiger partial charge in [0.05, 0.1) is 5.52 Å². The summed E-state index contributed by atoms with van der Waals surface area (Å²) in [6, 6.07) is 19.7. The first kappa shape index (κ1) is 20.9. The Morgan fingerprint density at radius 1 is 1.06 bits per heavy atom. The van der Waals surface area contributed by atoms with E-state index in [1.807, 2.05) is 25.1 Å². The number of hydrogen-bond acceptors (Lipinski definition) is 4. The molecule has 3 aromatic carbocycles. The fourth-order valence-corrected chi connectivity index (χ4v) is 3.98. The van der Waals surface area contributed by atoms with Crippen molar-refractivity contribution in [2.45, 2.75) is 19.9 Å². The summed E-state index contributed by atoms with van der Waals surface area (Å²) in [5.41, 5.74) is 4.00. The Morgan fingerprint density at radius 2 is 1.91 bits per heavy atom. The number of carbonyl (C=O) groups is 1. The van der Waals surface area contributed by atoms with Crippen LogP contribution in [0.5, 0.6) is 11.5 Å². The molecule has 4 aromatic rings. The third-order valence-electron chi connectivity index (χ3n) is 6.00. The Labute approximate surface area is 191 Å². The van der Waals surface area contributed by atoms with Gasteiger partial charge in [-0.2, -0.15) is 0 Å². The average Bonchev–Trinajstić information content (AvgIpc) is 2.78. The SMILES string of the molecule is Cc1c(Oc2ccnc3cc(N4CCC4)ccc23)cccc1C(=O)NCc1cccc(F)c1. The lowest BCUT2D eigenvalue weighted by molar-refractivity contribution is 0.0950. The third kappa shape index (κ3) is 4.37. The van der Waals surface area contributed by atoms with Crippen LogP contribution in [0.1, 0.15) is 27.9 Å². The van der Waals surface area contributed by atoms with Crippen molar-refractivity contribution in [3.8, 4) is 11.5 Å². The second-order valence-corrected chi connectivity index (χ2v) is 8.19. The van der Waals surface area contributed by atoms with Crippen molar-refractivity contribution in [1.82, 2.24) is 10.3 Å². The highest BCUT2D eigenvalue weighted by Crippen LogP contribution is 2.34. The fraction of sp³-hybridized carbons (Fsp3) is 0.185. The molecule has 0 unspecified atom stereocenters. The van der Waals surface area contributed by atoms with Crippen LogP contribution in [0.15, 0.2) is 72.9 Å². The molecule has 33 heavy (non-hydrogen) atoms. The van der Waals surface area contributed by atoms with Crippen LogP contribution in [-0.2, 0) is 6.54 Å². The standard InChI is InChI=1S/C27H24FN3O2/c1-18-22(27(32)30-17-19-5-2-6-20(28)15-19)7-3-8-25(18)33-26-11-12-29-24-16-21(9-10-23(24)26)31-13-4-14-31/h2-3,5-12,15-16H,4,13-14,17H2,1H3,(H,30,32). The quantitative estimate of drug-likeness (QED) is 0.422. The third-order valence-corrected chi connectivity index (χ3v) is 6.00. The molecule has 6 heteroatoms. The number of carbonyl (C=O) groups excluding carboxylic acids is 1. The van der Waals surface area contributed by atoms with Crippen LogP contribution >= 0.6 is 0 Å². The zero-order chi connectivity index (χ0) is 22.8. The van der Waals surface area contributed by atoms with E-state index in [-0.39, 0.29) is 18.3 Å². The average molecular weight is 442 g/mol. The van der Waals surface area contributed by atoms with Gasteiger partial charge in [0.2, 0.25) is 0 Å². The van der Waals surface area contributed by atoms with Crippen LogP contribution in [0, 0.1) is 12.7 Å². The Hall–Kier alpha value is -3.93. The molecule has 0 radical (unpaired) electrons. The van der Waals surface area contributed by atoms with E-state index in [2.05, 4.69) is 27.3 Å². The molecule has 0 bridgehead atoms. The number of amides is 1.